The SMILES string of the molecule is NCCCCN1CCCNC1C(F)(F)F. The van der Waals surface area contributed by atoms with Crippen LogP contribution in [0, 0.1) is 0 Å². The molecular weight excluding hydrogens is 207 g/mol. The Labute approximate surface area is 87.8 Å². The average molecular weight is 225 g/mol. The third-order valence-corrected chi connectivity index (χ3v) is 2.53. The number of rotatable bonds is 4. The maximum Gasteiger partial charge on any atom is 0.417 e. The van der Waals surface area contributed by atoms with Crippen LogP contribution in [0.15, 0.2) is 0 Å². The fourth-order valence-electron chi connectivity index (χ4n) is 1.80. The summed E-state index contributed by atoms with van der Waals surface area (Å²) in [5.41, 5.74) is 5.31. The molecule has 0 aliphatic carbocycles. The Bertz CT molecular complexity index is 184. The quantitative estimate of drug-likeness (QED) is 0.699. The highest BCUT2D eigenvalue weighted by molar-refractivity contribution is 4.80. The Balaban J connectivity index is 2.43. The molecule has 0 aromatic heterocycles. The zero-order chi connectivity index (χ0) is 11.3. The lowest BCUT2D eigenvalue weighted by molar-refractivity contribution is -0.198. The van der Waals surface area contributed by atoms with Crippen LogP contribution < -0.4 is 11.1 Å². The third kappa shape index (κ3) is 3.96. The normalized spacial score (nSPS) is 24.4. The van der Waals surface area contributed by atoms with Gasteiger partial charge in [-0.25, -0.2) is 0 Å². The molecule has 1 atom stereocenters. The molecule has 0 amide bonds. The molecule has 1 heterocycles. The summed E-state index contributed by atoms with van der Waals surface area (Å²) >= 11 is 0. The van der Waals surface area contributed by atoms with Crippen molar-refractivity contribution in [2.45, 2.75) is 31.6 Å². The Kier molecular flexibility index (Phi) is 4.82. The Morgan fingerprint density at radius 2 is 2.07 bits per heavy atom. The first-order valence-electron chi connectivity index (χ1n) is 5.30. The van der Waals surface area contributed by atoms with E-state index in [9.17, 15) is 13.2 Å². The van der Waals surface area contributed by atoms with Crippen molar-refractivity contribution < 1.29 is 13.2 Å². The van der Waals surface area contributed by atoms with Crippen LogP contribution >= 0.6 is 0 Å². The molecule has 3 nitrogen and oxygen atoms in total. The largest absolute Gasteiger partial charge is 0.417 e. The summed E-state index contributed by atoms with van der Waals surface area (Å²) in [4.78, 5) is 1.46. The summed E-state index contributed by atoms with van der Waals surface area (Å²) in [7, 11) is 0. The van der Waals surface area contributed by atoms with Gasteiger partial charge in [0.1, 0.15) is 0 Å². The molecule has 0 aromatic carbocycles. The number of alkyl halides is 3. The van der Waals surface area contributed by atoms with E-state index in [4.69, 9.17) is 5.73 Å². The van der Waals surface area contributed by atoms with E-state index >= 15 is 0 Å². The van der Waals surface area contributed by atoms with Gasteiger partial charge >= 0.3 is 6.18 Å². The van der Waals surface area contributed by atoms with Gasteiger partial charge in [-0.1, -0.05) is 0 Å². The number of nitrogens with one attached hydrogen (secondary N) is 1. The van der Waals surface area contributed by atoms with E-state index in [0.29, 0.717) is 26.2 Å². The molecule has 1 saturated heterocycles. The van der Waals surface area contributed by atoms with E-state index in [0.717, 1.165) is 19.3 Å². The first-order chi connectivity index (χ1) is 7.05. The third-order valence-electron chi connectivity index (χ3n) is 2.53. The summed E-state index contributed by atoms with van der Waals surface area (Å²) in [6.07, 6.45) is -3.37. The van der Waals surface area contributed by atoms with Gasteiger partial charge in [-0.05, 0) is 38.9 Å². The predicted molar refractivity (Wildman–Crippen MR) is 52.3 cm³/mol. The van der Waals surface area contributed by atoms with Crippen LogP contribution in [-0.2, 0) is 0 Å². The molecule has 0 spiro atoms. The minimum atomic E-state index is -4.18. The number of hydrogen-bond donors (Lipinski definition) is 2. The average Bonchev–Trinajstić information content (AvgIpc) is 2.17. The fourth-order valence-corrected chi connectivity index (χ4v) is 1.80. The smallest absolute Gasteiger partial charge is 0.330 e. The molecule has 3 N–H and O–H groups in total. The van der Waals surface area contributed by atoms with Crippen molar-refractivity contribution in [2.24, 2.45) is 5.73 Å². The maximum atomic E-state index is 12.6. The summed E-state index contributed by atoms with van der Waals surface area (Å²) in [6.45, 7) is 1.96. The molecule has 1 aliphatic heterocycles. The lowest BCUT2D eigenvalue weighted by Gasteiger charge is -2.37. The van der Waals surface area contributed by atoms with Crippen molar-refractivity contribution in [3.8, 4) is 0 Å². The number of halogens is 3. The van der Waals surface area contributed by atoms with E-state index < -0.39 is 12.3 Å². The topological polar surface area (TPSA) is 41.3 Å². The number of nitrogens with two attached hydrogens (primary N) is 1. The van der Waals surface area contributed by atoms with Gasteiger partial charge in [-0.3, -0.25) is 10.2 Å². The molecule has 0 bridgehead atoms. The van der Waals surface area contributed by atoms with Crippen LogP contribution in [-0.4, -0.2) is 43.4 Å². The van der Waals surface area contributed by atoms with Crippen LogP contribution in [0.5, 0.6) is 0 Å². The van der Waals surface area contributed by atoms with E-state index in [1.165, 1.54) is 4.90 Å². The number of hydrogen-bond acceptors (Lipinski definition) is 3. The molecule has 15 heavy (non-hydrogen) atoms. The second kappa shape index (κ2) is 5.67. The highest BCUT2D eigenvalue weighted by Gasteiger charge is 2.44. The van der Waals surface area contributed by atoms with Crippen LogP contribution in [0.4, 0.5) is 13.2 Å². The molecule has 1 rings (SSSR count). The summed E-state index contributed by atoms with van der Waals surface area (Å²) in [5, 5.41) is 2.51. The van der Waals surface area contributed by atoms with Crippen molar-refractivity contribution in [3.63, 3.8) is 0 Å². The number of unbranched alkanes of at least 4 members (excludes halogenated alkanes) is 1. The van der Waals surface area contributed by atoms with E-state index in [-0.39, 0.29) is 0 Å². The highest BCUT2D eigenvalue weighted by atomic mass is 19.4. The molecule has 1 aliphatic rings. The van der Waals surface area contributed by atoms with Gasteiger partial charge in [0, 0.05) is 6.54 Å². The van der Waals surface area contributed by atoms with Gasteiger partial charge in [-0.2, -0.15) is 13.2 Å². The standard InChI is InChI=1S/C9H18F3N3/c10-9(11,12)8-14-5-3-7-15(8)6-2-1-4-13/h8,14H,1-7,13H2. The molecule has 0 radical (unpaired) electrons. The molecule has 1 unspecified atom stereocenters. The van der Waals surface area contributed by atoms with Gasteiger partial charge < -0.3 is 5.73 Å². The Morgan fingerprint density at radius 1 is 1.33 bits per heavy atom. The van der Waals surface area contributed by atoms with Crippen LogP contribution in [0.25, 0.3) is 0 Å². The second-order valence-electron chi connectivity index (χ2n) is 3.78. The van der Waals surface area contributed by atoms with Gasteiger partial charge in [-0.15, -0.1) is 0 Å². The number of nitrogens with zero attached hydrogens (tertiary/aromatic N) is 1. The Morgan fingerprint density at radius 3 is 2.67 bits per heavy atom. The van der Waals surface area contributed by atoms with Gasteiger partial charge in [0.15, 0.2) is 6.17 Å². The summed E-state index contributed by atoms with van der Waals surface area (Å²) in [5.74, 6) is 0. The summed E-state index contributed by atoms with van der Waals surface area (Å²) in [6, 6.07) is 0. The van der Waals surface area contributed by atoms with Crippen molar-refractivity contribution in [1.82, 2.24) is 10.2 Å². The monoisotopic (exact) mass is 225 g/mol. The van der Waals surface area contributed by atoms with E-state index in [2.05, 4.69) is 5.32 Å². The van der Waals surface area contributed by atoms with Crippen LogP contribution in [0.1, 0.15) is 19.3 Å². The first kappa shape index (κ1) is 12.7. The highest BCUT2D eigenvalue weighted by Crippen LogP contribution is 2.25. The molecular formula is C9H18F3N3. The molecule has 90 valence electrons. The minimum Gasteiger partial charge on any atom is -0.330 e. The predicted octanol–water partition coefficient (Wildman–Crippen LogP) is 0.909. The van der Waals surface area contributed by atoms with Crippen molar-refractivity contribution in [1.29, 1.82) is 0 Å². The molecule has 6 heteroatoms. The lowest BCUT2D eigenvalue weighted by atomic mass is 10.2. The molecule has 0 saturated carbocycles. The van der Waals surface area contributed by atoms with Crippen molar-refractivity contribution in [2.75, 3.05) is 26.2 Å². The zero-order valence-electron chi connectivity index (χ0n) is 8.69. The van der Waals surface area contributed by atoms with Crippen LogP contribution in [0.3, 0.4) is 0 Å². The summed E-state index contributed by atoms with van der Waals surface area (Å²) < 4.78 is 37.7. The second-order valence-corrected chi connectivity index (χ2v) is 3.78. The lowest BCUT2D eigenvalue weighted by Crippen LogP contribution is -2.58. The van der Waals surface area contributed by atoms with E-state index in [1.807, 2.05) is 0 Å². The van der Waals surface area contributed by atoms with Gasteiger partial charge in [0.2, 0.25) is 0 Å². The Hall–Kier alpha value is -0.330. The zero-order valence-corrected chi connectivity index (χ0v) is 8.69. The van der Waals surface area contributed by atoms with Crippen molar-refractivity contribution >= 4 is 0 Å². The van der Waals surface area contributed by atoms with Crippen molar-refractivity contribution in [3.05, 3.63) is 0 Å². The fraction of sp³-hybridized carbons (Fsp3) is 1.00. The van der Waals surface area contributed by atoms with Crippen LogP contribution in [0.2, 0.25) is 0 Å². The van der Waals surface area contributed by atoms with Gasteiger partial charge in [0.05, 0.1) is 0 Å². The first-order valence-corrected chi connectivity index (χ1v) is 5.30. The minimum absolute atomic E-state index is 0.442. The van der Waals surface area contributed by atoms with Gasteiger partial charge in [0.25, 0.3) is 0 Å². The maximum absolute atomic E-state index is 12.6. The molecule has 0 aromatic rings. The molecule has 1 fully saturated rings. The van der Waals surface area contributed by atoms with E-state index in [1.54, 1.807) is 0 Å².